The van der Waals surface area contributed by atoms with E-state index in [1.54, 1.807) is 30.3 Å². The molecule has 2 rings (SSSR count). The third kappa shape index (κ3) is 2.69. The van der Waals surface area contributed by atoms with E-state index >= 15 is 0 Å². The first-order valence-corrected chi connectivity index (χ1v) is 6.09. The van der Waals surface area contributed by atoms with Crippen LogP contribution in [0.15, 0.2) is 41.3 Å². The van der Waals surface area contributed by atoms with Crippen molar-refractivity contribution in [2.75, 3.05) is 5.32 Å². The number of hydrogen-bond acceptors (Lipinski definition) is 2. The van der Waals surface area contributed by atoms with Gasteiger partial charge in [-0.15, -0.1) is 0 Å². The number of benzene rings is 2. The van der Waals surface area contributed by atoms with Crippen LogP contribution in [0, 0.1) is 0 Å². The van der Waals surface area contributed by atoms with Crippen LogP contribution in [-0.2, 0) is 15.9 Å². The molecule has 0 spiro atoms. The number of hydrogen-bond donors (Lipinski definition) is 2. The van der Waals surface area contributed by atoms with E-state index in [0.29, 0.717) is 10.6 Å². The van der Waals surface area contributed by atoms with Crippen molar-refractivity contribution in [1.82, 2.24) is 0 Å². The van der Waals surface area contributed by atoms with E-state index < -0.39 is 11.1 Å². The second-order valence-electron chi connectivity index (χ2n) is 3.65. The fourth-order valence-corrected chi connectivity index (χ4v) is 2.03. The van der Waals surface area contributed by atoms with Crippen LogP contribution in [0.1, 0.15) is 6.92 Å². The molecule has 2 aromatic carbocycles. The number of anilines is 1. The van der Waals surface area contributed by atoms with E-state index in [9.17, 15) is 9.00 Å². The van der Waals surface area contributed by atoms with Gasteiger partial charge in [-0.3, -0.25) is 4.79 Å². The predicted molar refractivity (Wildman–Crippen MR) is 67.3 cm³/mol. The smallest absolute Gasteiger partial charge is 0.221 e. The molecule has 0 aromatic heterocycles. The maximum absolute atomic E-state index is 10.9. The fraction of sp³-hybridized carbons (Fsp3) is 0.0833. The SMILES string of the molecule is CC(=O)Nc1ccc2cc(S(=O)O)ccc2c1. The minimum Gasteiger partial charge on any atom is -0.326 e. The maximum Gasteiger partial charge on any atom is 0.221 e. The zero-order chi connectivity index (χ0) is 12.4. The van der Waals surface area contributed by atoms with Crippen molar-refractivity contribution in [3.63, 3.8) is 0 Å². The van der Waals surface area contributed by atoms with Crippen molar-refractivity contribution in [2.45, 2.75) is 11.8 Å². The molecule has 2 N–H and O–H groups in total. The Labute approximate surface area is 101 Å². The van der Waals surface area contributed by atoms with Gasteiger partial charge >= 0.3 is 0 Å². The number of rotatable bonds is 2. The average molecular weight is 249 g/mol. The molecule has 0 aliphatic carbocycles. The first kappa shape index (κ1) is 11.8. The maximum atomic E-state index is 10.9. The van der Waals surface area contributed by atoms with Gasteiger partial charge in [0.2, 0.25) is 5.91 Å². The van der Waals surface area contributed by atoms with Crippen molar-refractivity contribution in [3.8, 4) is 0 Å². The van der Waals surface area contributed by atoms with Crippen LogP contribution in [-0.4, -0.2) is 14.7 Å². The Morgan fingerprint density at radius 1 is 1.18 bits per heavy atom. The van der Waals surface area contributed by atoms with Gasteiger partial charge in [0.1, 0.15) is 0 Å². The van der Waals surface area contributed by atoms with Crippen molar-refractivity contribution in [1.29, 1.82) is 0 Å². The third-order valence-electron chi connectivity index (χ3n) is 2.33. The first-order valence-electron chi connectivity index (χ1n) is 4.98. The van der Waals surface area contributed by atoms with Crippen molar-refractivity contribution in [2.24, 2.45) is 0 Å². The van der Waals surface area contributed by atoms with Gasteiger partial charge in [-0.25, -0.2) is 4.21 Å². The molecule has 0 saturated heterocycles. The van der Waals surface area contributed by atoms with Crippen molar-refractivity contribution >= 4 is 33.4 Å². The molecule has 0 aliphatic rings. The summed E-state index contributed by atoms with van der Waals surface area (Å²) in [7, 11) is 0. The van der Waals surface area contributed by atoms with Crippen molar-refractivity contribution in [3.05, 3.63) is 36.4 Å². The third-order valence-corrected chi connectivity index (χ3v) is 2.99. The van der Waals surface area contributed by atoms with Crippen LogP contribution in [0.5, 0.6) is 0 Å². The summed E-state index contributed by atoms with van der Waals surface area (Å²) in [4.78, 5) is 11.3. The molecule has 4 nitrogen and oxygen atoms in total. The summed E-state index contributed by atoms with van der Waals surface area (Å²) in [5, 5.41) is 4.45. The monoisotopic (exact) mass is 249 g/mol. The zero-order valence-electron chi connectivity index (χ0n) is 9.14. The standard InChI is InChI=1S/C12H11NO3S/c1-8(14)13-11-4-2-10-7-12(17(15)16)5-3-9(10)6-11/h2-7H,1H3,(H,13,14)(H,15,16). The predicted octanol–water partition coefficient (Wildman–Crippen LogP) is 2.38. The number of carbonyl (C=O) groups is 1. The number of nitrogens with one attached hydrogen (secondary N) is 1. The molecule has 0 heterocycles. The highest BCUT2D eigenvalue weighted by Crippen LogP contribution is 2.21. The summed E-state index contributed by atoms with van der Waals surface area (Å²) in [6, 6.07) is 10.4. The average Bonchev–Trinajstić information content (AvgIpc) is 2.27. The van der Waals surface area contributed by atoms with Gasteiger partial charge in [0.05, 0.1) is 4.90 Å². The molecule has 2 aromatic rings. The van der Waals surface area contributed by atoms with Gasteiger partial charge in [0.25, 0.3) is 0 Å². The Morgan fingerprint density at radius 2 is 1.82 bits per heavy atom. The zero-order valence-corrected chi connectivity index (χ0v) is 9.95. The van der Waals surface area contributed by atoms with E-state index in [4.69, 9.17) is 4.55 Å². The molecular weight excluding hydrogens is 238 g/mol. The Hall–Kier alpha value is -1.72. The lowest BCUT2D eigenvalue weighted by atomic mass is 10.1. The summed E-state index contributed by atoms with van der Waals surface area (Å²) in [5.74, 6) is -0.127. The van der Waals surface area contributed by atoms with Crippen LogP contribution < -0.4 is 5.32 Å². The lowest BCUT2D eigenvalue weighted by Gasteiger charge is -2.05. The van der Waals surface area contributed by atoms with Gasteiger partial charge < -0.3 is 9.87 Å². The van der Waals surface area contributed by atoms with Gasteiger partial charge in [-0.1, -0.05) is 12.1 Å². The van der Waals surface area contributed by atoms with Gasteiger partial charge in [0.15, 0.2) is 11.1 Å². The molecule has 88 valence electrons. The minimum absolute atomic E-state index is 0.127. The highest BCUT2D eigenvalue weighted by Gasteiger charge is 2.02. The quantitative estimate of drug-likeness (QED) is 0.803. The summed E-state index contributed by atoms with van der Waals surface area (Å²) in [5.41, 5.74) is 0.711. The highest BCUT2D eigenvalue weighted by molar-refractivity contribution is 7.79. The number of amides is 1. The molecular formula is C12H11NO3S. The van der Waals surface area contributed by atoms with Gasteiger partial charge in [-0.2, -0.15) is 0 Å². The minimum atomic E-state index is -1.97. The van der Waals surface area contributed by atoms with Crippen LogP contribution >= 0.6 is 0 Å². The van der Waals surface area contributed by atoms with Gasteiger partial charge in [0, 0.05) is 12.6 Å². The van der Waals surface area contributed by atoms with E-state index in [-0.39, 0.29) is 5.91 Å². The Morgan fingerprint density at radius 3 is 2.47 bits per heavy atom. The van der Waals surface area contributed by atoms with E-state index in [1.165, 1.54) is 6.92 Å². The second-order valence-corrected chi connectivity index (χ2v) is 4.62. The molecule has 0 aliphatic heterocycles. The van der Waals surface area contributed by atoms with Crippen LogP contribution in [0.2, 0.25) is 0 Å². The number of carbonyl (C=O) groups excluding carboxylic acids is 1. The Bertz CT molecular complexity index is 610. The molecule has 0 radical (unpaired) electrons. The van der Waals surface area contributed by atoms with E-state index in [0.717, 1.165) is 10.8 Å². The molecule has 0 fully saturated rings. The van der Waals surface area contributed by atoms with Crippen molar-refractivity contribution < 1.29 is 13.6 Å². The van der Waals surface area contributed by atoms with Crippen LogP contribution in [0.25, 0.3) is 10.8 Å². The van der Waals surface area contributed by atoms with Crippen LogP contribution in [0.3, 0.4) is 0 Å². The molecule has 17 heavy (non-hydrogen) atoms. The number of fused-ring (bicyclic) bond motifs is 1. The summed E-state index contributed by atoms with van der Waals surface area (Å²) < 4.78 is 19.9. The fourth-order valence-electron chi connectivity index (χ4n) is 1.61. The first-order chi connectivity index (χ1) is 8.06. The lowest BCUT2D eigenvalue weighted by Crippen LogP contribution is -2.05. The Kier molecular flexibility index (Phi) is 3.21. The van der Waals surface area contributed by atoms with Gasteiger partial charge in [-0.05, 0) is 35.0 Å². The van der Waals surface area contributed by atoms with E-state index in [2.05, 4.69) is 5.32 Å². The van der Waals surface area contributed by atoms with E-state index in [1.807, 2.05) is 6.07 Å². The lowest BCUT2D eigenvalue weighted by molar-refractivity contribution is -0.114. The largest absolute Gasteiger partial charge is 0.326 e. The molecule has 0 saturated carbocycles. The summed E-state index contributed by atoms with van der Waals surface area (Å²) in [6.45, 7) is 1.45. The molecule has 5 heteroatoms. The normalized spacial score (nSPS) is 12.4. The Balaban J connectivity index is 2.46. The topological polar surface area (TPSA) is 66.4 Å². The molecule has 1 amide bonds. The second kappa shape index (κ2) is 4.65. The highest BCUT2D eigenvalue weighted by atomic mass is 32.2. The molecule has 1 unspecified atom stereocenters. The van der Waals surface area contributed by atoms with Crippen LogP contribution in [0.4, 0.5) is 5.69 Å². The summed E-state index contributed by atoms with van der Waals surface area (Å²) >= 11 is -1.97. The summed E-state index contributed by atoms with van der Waals surface area (Å²) in [6.07, 6.45) is 0. The molecule has 1 atom stereocenters. The molecule has 0 bridgehead atoms.